The van der Waals surface area contributed by atoms with Crippen molar-refractivity contribution in [3.63, 3.8) is 0 Å². The van der Waals surface area contributed by atoms with Crippen LogP contribution in [-0.2, 0) is 17.6 Å². The van der Waals surface area contributed by atoms with Crippen molar-refractivity contribution < 1.29 is 9.21 Å². The Morgan fingerprint density at radius 3 is 2.88 bits per heavy atom. The molecule has 0 aromatic carbocycles. The van der Waals surface area contributed by atoms with Gasteiger partial charge < -0.3 is 19.0 Å². The maximum Gasteiger partial charge on any atom is 0.195 e. The lowest BCUT2D eigenvalue weighted by Crippen LogP contribution is -2.45. The Bertz CT molecular complexity index is 356. The van der Waals surface area contributed by atoms with Gasteiger partial charge in [-0.05, 0) is 7.05 Å². The Labute approximate surface area is 101 Å². The van der Waals surface area contributed by atoms with Crippen molar-refractivity contribution in [3.8, 4) is 0 Å². The number of hydrogen-bond donors (Lipinski definition) is 0. The van der Waals surface area contributed by atoms with Crippen LogP contribution in [0.4, 0.5) is 0 Å². The van der Waals surface area contributed by atoms with E-state index in [-0.39, 0.29) is 0 Å². The average molecular weight is 237 g/mol. The summed E-state index contributed by atoms with van der Waals surface area (Å²) in [6, 6.07) is 0. The molecule has 5 nitrogen and oxygen atoms in total. The van der Waals surface area contributed by atoms with Crippen molar-refractivity contribution in [3.05, 3.63) is 17.8 Å². The van der Waals surface area contributed by atoms with E-state index in [9.17, 15) is 4.79 Å². The smallest absolute Gasteiger partial charge is 0.195 e. The van der Waals surface area contributed by atoms with Gasteiger partial charge in [0.15, 0.2) is 5.89 Å². The number of likely N-dealkylation sites (N-methyl/N-ethyl adjacent to an activating group) is 1. The molecule has 1 aromatic heterocycles. The zero-order valence-corrected chi connectivity index (χ0v) is 10.3. The summed E-state index contributed by atoms with van der Waals surface area (Å²) in [6.07, 6.45) is 3.59. The van der Waals surface area contributed by atoms with E-state index >= 15 is 0 Å². The predicted octanol–water partition coefficient (Wildman–Crippen LogP) is 0.206. The molecule has 94 valence electrons. The molecule has 1 aliphatic rings. The number of aldehydes is 1. The van der Waals surface area contributed by atoms with Gasteiger partial charge in [-0.2, -0.15) is 0 Å². The summed E-state index contributed by atoms with van der Waals surface area (Å²) in [5, 5.41) is 0. The molecule has 2 rings (SSSR count). The van der Waals surface area contributed by atoms with E-state index in [1.165, 1.54) is 0 Å². The molecule has 17 heavy (non-hydrogen) atoms. The maximum atomic E-state index is 10.3. The maximum absolute atomic E-state index is 10.3. The van der Waals surface area contributed by atoms with Crippen molar-refractivity contribution in [1.82, 2.24) is 14.8 Å². The van der Waals surface area contributed by atoms with E-state index in [4.69, 9.17) is 4.42 Å². The van der Waals surface area contributed by atoms with E-state index in [1.807, 2.05) is 0 Å². The van der Waals surface area contributed by atoms with Crippen molar-refractivity contribution in [2.75, 3.05) is 39.8 Å². The molecule has 0 spiro atoms. The highest BCUT2D eigenvalue weighted by molar-refractivity contribution is 5.53. The zero-order valence-electron chi connectivity index (χ0n) is 10.3. The van der Waals surface area contributed by atoms with Crippen LogP contribution in [-0.4, -0.2) is 60.8 Å². The lowest BCUT2D eigenvalue weighted by atomic mass is 10.3. The van der Waals surface area contributed by atoms with Crippen LogP contribution < -0.4 is 0 Å². The van der Waals surface area contributed by atoms with Gasteiger partial charge in [-0.3, -0.25) is 0 Å². The second kappa shape index (κ2) is 5.93. The van der Waals surface area contributed by atoms with Gasteiger partial charge in [0.05, 0.1) is 5.69 Å². The van der Waals surface area contributed by atoms with Crippen LogP contribution >= 0.6 is 0 Å². The fraction of sp³-hybridized carbons (Fsp3) is 0.667. The molecule has 1 fully saturated rings. The molecular formula is C12H19N3O2. The summed E-state index contributed by atoms with van der Waals surface area (Å²) in [5.41, 5.74) is 0.730. The first-order chi connectivity index (χ1) is 8.28. The van der Waals surface area contributed by atoms with Crippen molar-refractivity contribution in [1.29, 1.82) is 0 Å². The fourth-order valence-electron chi connectivity index (χ4n) is 1.97. The van der Waals surface area contributed by atoms with Crippen molar-refractivity contribution >= 4 is 6.29 Å². The SMILES string of the molecule is CN1CCN(CCc2nc(CC=O)co2)CC1. The van der Waals surface area contributed by atoms with Gasteiger partial charge in [-0.15, -0.1) is 0 Å². The van der Waals surface area contributed by atoms with E-state index in [1.54, 1.807) is 6.26 Å². The number of rotatable bonds is 5. The summed E-state index contributed by atoms with van der Waals surface area (Å²) in [4.78, 5) is 19.3. The van der Waals surface area contributed by atoms with Crippen LogP contribution in [0.15, 0.2) is 10.7 Å². The quantitative estimate of drug-likeness (QED) is 0.685. The molecule has 0 amide bonds. The number of nitrogens with zero attached hydrogens (tertiary/aromatic N) is 3. The first kappa shape index (κ1) is 12.3. The molecule has 1 saturated heterocycles. The van der Waals surface area contributed by atoms with Gasteiger partial charge in [0.2, 0.25) is 0 Å². The highest BCUT2D eigenvalue weighted by atomic mass is 16.3. The Hall–Kier alpha value is -1.20. The second-order valence-electron chi connectivity index (χ2n) is 4.50. The van der Waals surface area contributed by atoms with Gasteiger partial charge in [-0.1, -0.05) is 0 Å². The van der Waals surface area contributed by atoms with Gasteiger partial charge in [0.1, 0.15) is 12.5 Å². The van der Waals surface area contributed by atoms with E-state index in [2.05, 4.69) is 21.8 Å². The van der Waals surface area contributed by atoms with Crippen LogP contribution in [0, 0.1) is 0 Å². The lowest BCUT2D eigenvalue weighted by Gasteiger charge is -2.31. The normalized spacial score (nSPS) is 18.4. The number of oxazole rings is 1. The molecule has 0 bridgehead atoms. The third-order valence-corrected chi connectivity index (χ3v) is 3.13. The van der Waals surface area contributed by atoms with Gasteiger partial charge >= 0.3 is 0 Å². The fourth-order valence-corrected chi connectivity index (χ4v) is 1.97. The molecule has 1 aromatic rings. The minimum atomic E-state index is 0.345. The molecule has 0 radical (unpaired) electrons. The highest BCUT2D eigenvalue weighted by Crippen LogP contribution is 2.05. The van der Waals surface area contributed by atoms with E-state index < -0.39 is 0 Å². The van der Waals surface area contributed by atoms with Crippen LogP contribution in [0.25, 0.3) is 0 Å². The first-order valence-electron chi connectivity index (χ1n) is 6.06. The molecule has 1 aliphatic heterocycles. The molecule has 0 atom stereocenters. The summed E-state index contributed by atoms with van der Waals surface area (Å²) in [7, 11) is 2.15. The zero-order chi connectivity index (χ0) is 12.1. The average Bonchev–Trinajstić information content (AvgIpc) is 2.77. The highest BCUT2D eigenvalue weighted by Gasteiger charge is 2.14. The van der Waals surface area contributed by atoms with Gasteiger partial charge in [0.25, 0.3) is 0 Å². The van der Waals surface area contributed by atoms with Gasteiger partial charge in [0, 0.05) is 45.6 Å². The largest absolute Gasteiger partial charge is 0.449 e. The molecule has 0 saturated carbocycles. The Balaban J connectivity index is 1.75. The first-order valence-corrected chi connectivity index (χ1v) is 6.06. The van der Waals surface area contributed by atoms with E-state index in [0.717, 1.165) is 57.0 Å². The van der Waals surface area contributed by atoms with Crippen LogP contribution in [0.3, 0.4) is 0 Å². The third-order valence-electron chi connectivity index (χ3n) is 3.13. The molecule has 5 heteroatoms. The van der Waals surface area contributed by atoms with Crippen molar-refractivity contribution in [2.45, 2.75) is 12.8 Å². The second-order valence-corrected chi connectivity index (χ2v) is 4.50. The molecular weight excluding hydrogens is 218 g/mol. The minimum absolute atomic E-state index is 0.345. The Kier molecular flexibility index (Phi) is 4.28. The monoisotopic (exact) mass is 237 g/mol. The summed E-state index contributed by atoms with van der Waals surface area (Å²) >= 11 is 0. The van der Waals surface area contributed by atoms with Crippen molar-refractivity contribution in [2.24, 2.45) is 0 Å². The standard InChI is InChI=1S/C12H19N3O2/c1-14-5-7-15(8-6-14)4-2-12-13-11(3-9-16)10-17-12/h9-10H,2-8H2,1H3. The number of aromatic nitrogens is 1. The molecule has 0 aliphatic carbocycles. The molecule has 2 heterocycles. The predicted molar refractivity (Wildman–Crippen MR) is 63.9 cm³/mol. The lowest BCUT2D eigenvalue weighted by molar-refractivity contribution is -0.107. The number of hydrogen-bond acceptors (Lipinski definition) is 5. The topological polar surface area (TPSA) is 49.6 Å². The number of carbonyl (C=O) groups is 1. The number of carbonyl (C=O) groups excluding carboxylic acids is 1. The Morgan fingerprint density at radius 1 is 1.41 bits per heavy atom. The molecule has 0 N–H and O–H groups in total. The van der Waals surface area contributed by atoms with Crippen LogP contribution in [0.2, 0.25) is 0 Å². The summed E-state index contributed by atoms with van der Waals surface area (Å²) in [6.45, 7) is 5.45. The minimum Gasteiger partial charge on any atom is -0.449 e. The van der Waals surface area contributed by atoms with E-state index in [0.29, 0.717) is 6.42 Å². The summed E-state index contributed by atoms with van der Waals surface area (Å²) in [5.74, 6) is 0.737. The Morgan fingerprint density at radius 2 is 2.18 bits per heavy atom. The number of piperazine rings is 1. The van der Waals surface area contributed by atoms with Crippen LogP contribution in [0.1, 0.15) is 11.6 Å². The summed E-state index contributed by atoms with van der Waals surface area (Å²) < 4.78 is 5.32. The third kappa shape index (κ3) is 3.64. The molecule has 0 unspecified atom stereocenters. The van der Waals surface area contributed by atoms with Gasteiger partial charge in [-0.25, -0.2) is 4.98 Å². The van der Waals surface area contributed by atoms with Crippen LogP contribution in [0.5, 0.6) is 0 Å².